The van der Waals surface area contributed by atoms with Gasteiger partial charge in [-0.05, 0) is 48.6 Å². The summed E-state index contributed by atoms with van der Waals surface area (Å²) in [7, 11) is 0. The first kappa shape index (κ1) is 23.2. The van der Waals surface area contributed by atoms with E-state index in [0.717, 1.165) is 44.0 Å². The number of carbonyl (C=O) groups is 1. The fourth-order valence-electron chi connectivity index (χ4n) is 4.92. The fraction of sp³-hybridized carbons (Fsp3) is 0.379. The molecule has 0 aliphatic carbocycles. The van der Waals surface area contributed by atoms with E-state index in [4.69, 9.17) is 0 Å². The quantitative estimate of drug-likeness (QED) is 0.469. The van der Waals surface area contributed by atoms with Gasteiger partial charge >= 0.3 is 0 Å². The fourth-order valence-corrected chi connectivity index (χ4v) is 4.92. The highest BCUT2D eigenvalue weighted by Crippen LogP contribution is 2.34. The summed E-state index contributed by atoms with van der Waals surface area (Å²) >= 11 is 0. The average molecular weight is 442 g/mol. The Bertz CT molecular complexity index is 1020. The molecule has 0 spiro atoms. The summed E-state index contributed by atoms with van der Waals surface area (Å²) in [5.41, 5.74) is 4.41. The molecule has 0 unspecified atom stereocenters. The predicted molar refractivity (Wildman–Crippen MR) is 134 cm³/mol. The lowest BCUT2D eigenvalue weighted by Crippen LogP contribution is -2.39. The van der Waals surface area contributed by atoms with Gasteiger partial charge in [-0.1, -0.05) is 67.9 Å². The molecule has 1 fully saturated rings. The number of rotatable bonds is 8. The lowest BCUT2D eigenvalue weighted by atomic mass is 9.88. The molecule has 1 aromatic heterocycles. The maximum atomic E-state index is 13.5. The van der Waals surface area contributed by atoms with E-state index in [1.54, 1.807) is 0 Å². The van der Waals surface area contributed by atoms with Crippen molar-refractivity contribution >= 4 is 5.91 Å². The molecule has 3 aromatic rings. The molecule has 0 bridgehead atoms. The average Bonchev–Trinajstić information content (AvgIpc) is 3.21. The van der Waals surface area contributed by atoms with Gasteiger partial charge in [0.25, 0.3) is 5.91 Å². The number of hydrogen-bond acceptors (Lipinski definition) is 3. The first-order valence-electron chi connectivity index (χ1n) is 12.0. The van der Waals surface area contributed by atoms with Crippen LogP contribution >= 0.6 is 0 Å². The molecule has 4 heteroatoms. The third kappa shape index (κ3) is 6.08. The number of likely N-dealkylation sites (tertiary alicyclic amines) is 1. The molecule has 33 heavy (non-hydrogen) atoms. The molecule has 1 aliphatic heterocycles. The van der Waals surface area contributed by atoms with E-state index >= 15 is 0 Å². The molecule has 4 nitrogen and oxygen atoms in total. The van der Waals surface area contributed by atoms with Crippen molar-refractivity contribution in [2.75, 3.05) is 26.2 Å². The van der Waals surface area contributed by atoms with Gasteiger partial charge in [-0.2, -0.15) is 0 Å². The zero-order valence-electron chi connectivity index (χ0n) is 20.0. The van der Waals surface area contributed by atoms with E-state index in [-0.39, 0.29) is 5.91 Å². The Kier molecular flexibility index (Phi) is 7.56. The number of aryl methyl sites for hydroxylation is 1. The van der Waals surface area contributed by atoms with Crippen LogP contribution in [-0.2, 0) is 6.54 Å². The summed E-state index contributed by atoms with van der Waals surface area (Å²) < 4.78 is 0. The molecule has 2 atom stereocenters. The Balaban J connectivity index is 1.56. The van der Waals surface area contributed by atoms with Gasteiger partial charge in [0, 0.05) is 50.4 Å². The first-order valence-corrected chi connectivity index (χ1v) is 12.0. The highest BCUT2D eigenvalue weighted by Gasteiger charge is 2.36. The molecule has 2 heterocycles. The van der Waals surface area contributed by atoms with Gasteiger partial charge < -0.3 is 4.90 Å². The third-order valence-electron chi connectivity index (χ3n) is 6.48. The van der Waals surface area contributed by atoms with Crippen LogP contribution in [0.2, 0.25) is 0 Å². The summed E-state index contributed by atoms with van der Waals surface area (Å²) in [4.78, 5) is 22.6. The van der Waals surface area contributed by atoms with Crippen LogP contribution in [0.4, 0.5) is 0 Å². The Morgan fingerprint density at radius 2 is 1.73 bits per heavy atom. The van der Waals surface area contributed by atoms with Gasteiger partial charge in [-0.3, -0.25) is 14.7 Å². The van der Waals surface area contributed by atoms with Crippen molar-refractivity contribution < 1.29 is 4.79 Å². The van der Waals surface area contributed by atoms with Crippen LogP contribution in [0.15, 0.2) is 79.0 Å². The number of carbonyl (C=O) groups excluding carboxylic acids is 1. The van der Waals surface area contributed by atoms with Gasteiger partial charge in [-0.15, -0.1) is 0 Å². The van der Waals surface area contributed by atoms with Crippen LogP contribution in [-0.4, -0.2) is 46.9 Å². The molecule has 0 N–H and O–H groups in total. The van der Waals surface area contributed by atoms with Crippen LogP contribution in [0.5, 0.6) is 0 Å². The van der Waals surface area contributed by atoms with Gasteiger partial charge in [0.05, 0.1) is 5.69 Å². The first-order chi connectivity index (χ1) is 16.0. The highest BCUT2D eigenvalue weighted by molar-refractivity contribution is 5.94. The predicted octanol–water partition coefficient (Wildman–Crippen LogP) is 5.40. The molecule has 172 valence electrons. The number of benzene rings is 2. The minimum Gasteiger partial charge on any atom is -0.338 e. The third-order valence-corrected chi connectivity index (χ3v) is 6.48. The summed E-state index contributed by atoms with van der Waals surface area (Å²) in [6.45, 7) is 10.8. The van der Waals surface area contributed by atoms with Gasteiger partial charge in [0.1, 0.15) is 0 Å². The Hall–Kier alpha value is -2.98. The molecule has 2 aromatic carbocycles. The summed E-state index contributed by atoms with van der Waals surface area (Å²) in [5, 5.41) is 0. The normalized spacial score (nSPS) is 18.5. The zero-order valence-corrected chi connectivity index (χ0v) is 20.0. The lowest BCUT2D eigenvalue weighted by molar-refractivity contribution is 0.0703. The summed E-state index contributed by atoms with van der Waals surface area (Å²) in [6.07, 6.45) is 1.86. The highest BCUT2D eigenvalue weighted by atomic mass is 16.2. The lowest BCUT2D eigenvalue weighted by Gasteiger charge is -2.30. The van der Waals surface area contributed by atoms with E-state index in [2.05, 4.69) is 78.0 Å². The second kappa shape index (κ2) is 10.8. The summed E-state index contributed by atoms with van der Waals surface area (Å²) in [6, 6.07) is 24.9. The summed E-state index contributed by atoms with van der Waals surface area (Å²) in [5.74, 6) is 1.33. The number of aromatic nitrogens is 1. The monoisotopic (exact) mass is 441 g/mol. The minimum atomic E-state index is 0.138. The molecule has 0 radical (unpaired) electrons. The van der Waals surface area contributed by atoms with Crippen molar-refractivity contribution in [3.8, 4) is 0 Å². The van der Waals surface area contributed by atoms with E-state index < -0.39 is 0 Å². The topological polar surface area (TPSA) is 36.4 Å². The SMILES string of the molecule is Cc1ccc(C(=O)N(CC(C)C)C[C@H]2CN(Cc3ccccn3)C[C@@H]2c2ccccc2)cc1. The minimum absolute atomic E-state index is 0.138. The molecule has 1 aliphatic rings. The van der Waals surface area contributed by atoms with Crippen molar-refractivity contribution in [2.24, 2.45) is 11.8 Å². The van der Waals surface area contributed by atoms with Crippen molar-refractivity contribution in [3.63, 3.8) is 0 Å². The van der Waals surface area contributed by atoms with Gasteiger partial charge in [-0.25, -0.2) is 0 Å². The van der Waals surface area contributed by atoms with Crippen molar-refractivity contribution in [3.05, 3.63) is 101 Å². The number of hydrogen-bond donors (Lipinski definition) is 0. The standard InChI is InChI=1S/C29H35N3O/c1-22(2)17-32(29(33)25-14-12-23(3)13-15-25)19-26-18-31(20-27-11-7-8-16-30-27)21-28(26)24-9-5-4-6-10-24/h4-16,22,26,28H,17-21H2,1-3H3/t26-,28-/m1/s1. The maximum Gasteiger partial charge on any atom is 0.253 e. The maximum absolute atomic E-state index is 13.5. The van der Waals surface area contributed by atoms with E-state index in [1.807, 2.05) is 36.5 Å². The van der Waals surface area contributed by atoms with Gasteiger partial charge in [0.15, 0.2) is 0 Å². The smallest absolute Gasteiger partial charge is 0.253 e. The van der Waals surface area contributed by atoms with E-state index in [1.165, 1.54) is 11.1 Å². The van der Waals surface area contributed by atoms with Crippen molar-refractivity contribution in [1.82, 2.24) is 14.8 Å². The Labute approximate surface area is 198 Å². The van der Waals surface area contributed by atoms with E-state index in [0.29, 0.717) is 17.8 Å². The van der Waals surface area contributed by atoms with Gasteiger partial charge in [0.2, 0.25) is 0 Å². The van der Waals surface area contributed by atoms with Crippen LogP contribution in [0.1, 0.15) is 46.9 Å². The second-order valence-electron chi connectivity index (χ2n) is 9.76. The van der Waals surface area contributed by atoms with Crippen LogP contribution in [0.25, 0.3) is 0 Å². The molecule has 4 rings (SSSR count). The number of pyridine rings is 1. The van der Waals surface area contributed by atoms with Crippen LogP contribution in [0.3, 0.4) is 0 Å². The largest absolute Gasteiger partial charge is 0.338 e. The van der Waals surface area contributed by atoms with Crippen molar-refractivity contribution in [2.45, 2.75) is 33.2 Å². The van der Waals surface area contributed by atoms with Crippen LogP contribution in [0, 0.1) is 18.8 Å². The van der Waals surface area contributed by atoms with E-state index in [9.17, 15) is 4.79 Å². The zero-order chi connectivity index (χ0) is 23.2. The number of nitrogens with zero attached hydrogens (tertiary/aromatic N) is 3. The molecule has 1 amide bonds. The Morgan fingerprint density at radius 3 is 2.39 bits per heavy atom. The molecular formula is C29H35N3O. The van der Waals surface area contributed by atoms with Crippen LogP contribution < -0.4 is 0 Å². The molecular weight excluding hydrogens is 406 g/mol. The molecule has 1 saturated heterocycles. The number of amides is 1. The Morgan fingerprint density at radius 1 is 1.00 bits per heavy atom. The van der Waals surface area contributed by atoms with Crippen molar-refractivity contribution in [1.29, 1.82) is 0 Å². The molecule has 0 saturated carbocycles. The second-order valence-corrected chi connectivity index (χ2v) is 9.76.